The van der Waals surface area contributed by atoms with Gasteiger partial charge >= 0.3 is 18.2 Å². The summed E-state index contributed by atoms with van der Waals surface area (Å²) in [5.41, 5.74) is 3.79. The molecule has 9 nitrogen and oxygen atoms in total. The van der Waals surface area contributed by atoms with E-state index in [4.69, 9.17) is 10.8 Å². The van der Waals surface area contributed by atoms with Crippen LogP contribution >= 0.6 is 0 Å². The molecule has 148 valence electrons. The maximum atomic E-state index is 12.6. The molecule has 0 saturated heterocycles. The minimum atomic E-state index is -4.58. The lowest BCUT2D eigenvalue weighted by Crippen LogP contribution is -2.46. The summed E-state index contributed by atoms with van der Waals surface area (Å²) >= 11 is 0. The summed E-state index contributed by atoms with van der Waals surface area (Å²) in [6, 6.07) is 1.52. The van der Waals surface area contributed by atoms with E-state index < -0.39 is 48.1 Å². The van der Waals surface area contributed by atoms with Crippen molar-refractivity contribution in [2.75, 3.05) is 11.9 Å². The second kappa shape index (κ2) is 9.40. The molecule has 1 rings (SSSR count). The van der Waals surface area contributed by atoms with Crippen LogP contribution in [0.4, 0.5) is 23.7 Å². The Morgan fingerprint density at radius 1 is 1.19 bits per heavy atom. The molecule has 0 saturated carbocycles. The number of hydrogen-bond acceptors (Lipinski definition) is 4. The number of carboxylic acids is 1. The second-order valence-corrected chi connectivity index (χ2v) is 5.35. The predicted molar refractivity (Wildman–Crippen MR) is 86.5 cm³/mol. The van der Waals surface area contributed by atoms with Crippen molar-refractivity contribution in [3.63, 3.8) is 0 Å². The number of aliphatic carboxylic acids is 1. The van der Waals surface area contributed by atoms with Crippen molar-refractivity contribution in [3.8, 4) is 0 Å². The number of primary amides is 1. The van der Waals surface area contributed by atoms with Crippen LogP contribution in [0.5, 0.6) is 0 Å². The van der Waals surface area contributed by atoms with Crippen molar-refractivity contribution in [3.05, 3.63) is 29.8 Å². The molecule has 0 aliphatic heterocycles. The van der Waals surface area contributed by atoms with Crippen LogP contribution in [0.2, 0.25) is 0 Å². The number of anilines is 1. The summed E-state index contributed by atoms with van der Waals surface area (Å²) in [6.45, 7) is -0.634. The molecule has 0 bridgehead atoms. The molecule has 0 fully saturated rings. The topological polar surface area (TPSA) is 151 Å². The number of urea groups is 1. The third-order valence-electron chi connectivity index (χ3n) is 3.17. The number of carbonyl (C=O) groups is 4. The van der Waals surface area contributed by atoms with Gasteiger partial charge in [0.2, 0.25) is 11.8 Å². The van der Waals surface area contributed by atoms with Crippen molar-refractivity contribution >= 4 is 29.5 Å². The summed E-state index contributed by atoms with van der Waals surface area (Å²) in [6.07, 6.45) is -5.07. The van der Waals surface area contributed by atoms with Gasteiger partial charge in [-0.1, -0.05) is 6.07 Å². The van der Waals surface area contributed by atoms with Crippen LogP contribution in [-0.2, 0) is 20.6 Å². The van der Waals surface area contributed by atoms with Crippen LogP contribution in [-0.4, -0.2) is 41.5 Å². The zero-order valence-electron chi connectivity index (χ0n) is 13.8. The molecule has 0 radical (unpaired) electrons. The number of amides is 4. The highest BCUT2D eigenvalue weighted by Gasteiger charge is 2.30. The van der Waals surface area contributed by atoms with Crippen LogP contribution in [0, 0.1) is 0 Å². The van der Waals surface area contributed by atoms with Gasteiger partial charge in [-0.15, -0.1) is 0 Å². The van der Waals surface area contributed by atoms with Gasteiger partial charge in [0.25, 0.3) is 0 Å². The minimum absolute atomic E-state index is 0.146. The van der Waals surface area contributed by atoms with Gasteiger partial charge in [-0.25, -0.2) is 9.59 Å². The summed E-state index contributed by atoms with van der Waals surface area (Å²) in [7, 11) is 0. The highest BCUT2D eigenvalue weighted by Crippen LogP contribution is 2.30. The van der Waals surface area contributed by atoms with E-state index in [9.17, 15) is 32.3 Å². The maximum Gasteiger partial charge on any atom is 0.416 e. The molecule has 0 aliphatic rings. The van der Waals surface area contributed by atoms with Crippen molar-refractivity contribution in [1.82, 2.24) is 10.6 Å². The zero-order valence-corrected chi connectivity index (χ0v) is 13.8. The van der Waals surface area contributed by atoms with E-state index in [2.05, 4.69) is 16.0 Å². The van der Waals surface area contributed by atoms with Gasteiger partial charge in [0, 0.05) is 12.1 Å². The molecule has 12 heteroatoms. The number of alkyl halides is 3. The molecule has 0 spiro atoms. The monoisotopic (exact) mass is 390 g/mol. The molecule has 4 amide bonds. The van der Waals surface area contributed by atoms with E-state index in [1.165, 1.54) is 6.07 Å². The molecule has 0 heterocycles. The standard InChI is InChI=1S/C15H17F3N4O5/c16-15(17,18)8-2-1-3-9(6-8)21-14(27)20-7-12(24)22-10(13(25)26)4-5-11(19)23/h1-3,6,10H,4-5,7H2,(H2,19,23)(H,22,24)(H,25,26)(H2,20,21,27)/t10-/m0/s1. The Labute approximate surface area is 151 Å². The highest BCUT2D eigenvalue weighted by atomic mass is 19.4. The lowest BCUT2D eigenvalue weighted by molar-refractivity contribution is -0.142. The van der Waals surface area contributed by atoms with Crippen LogP contribution in [0.15, 0.2) is 24.3 Å². The maximum absolute atomic E-state index is 12.6. The third kappa shape index (κ3) is 8.07. The first-order valence-electron chi connectivity index (χ1n) is 7.51. The molecule has 1 aromatic carbocycles. The Bertz CT molecular complexity index is 724. The summed E-state index contributed by atoms with van der Waals surface area (Å²) < 4.78 is 37.8. The van der Waals surface area contributed by atoms with Gasteiger partial charge in [0.1, 0.15) is 6.04 Å². The van der Waals surface area contributed by atoms with E-state index in [0.29, 0.717) is 6.07 Å². The number of nitrogens with two attached hydrogens (primary N) is 1. The molecule has 0 unspecified atom stereocenters. The van der Waals surface area contributed by atoms with Gasteiger partial charge in [-0.2, -0.15) is 13.2 Å². The fraction of sp³-hybridized carbons (Fsp3) is 0.333. The number of benzene rings is 1. The lowest BCUT2D eigenvalue weighted by Gasteiger charge is -2.14. The largest absolute Gasteiger partial charge is 0.480 e. The average Bonchev–Trinajstić information content (AvgIpc) is 2.55. The molecule has 27 heavy (non-hydrogen) atoms. The molecule has 6 N–H and O–H groups in total. The van der Waals surface area contributed by atoms with Crippen molar-refractivity contribution in [1.29, 1.82) is 0 Å². The number of nitrogens with one attached hydrogen (secondary N) is 3. The minimum Gasteiger partial charge on any atom is -0.480 e. The van der Waals surface area contributed by atoms with E-state index in [-0.39, 0.29) is 18.5 Å². The summed E-state index contributed by atoms with van der Waals surface area (Å²) in [4.78, 5) is 45.0. The van der Waals surface area contributed by atoms with Crippen LogP contribution < -0.4 is 21.7 Å². The molecule has 0 aliphatic carbocycles. The molecule has 1 aromatic rings. The smallest absolute Gasteiger partial charge is 0.416 e. The van der Waals surface area contributed by atoms with Crippen LogP contribution in [0.25, 0.3) is 0 Å². The van der Waals surface area contributed by atoms with Crippen molar-refractivity contribution in [2.45, 2.75) is 25.1 Å². The van der Waals surface area contributed by atoms with E-state index in [0.717, 1.165) is 12.1 Å². The fourth-order valence-corrected chi connectivity index (χ4v) is 1.90. The zero-order chi connectivity index (χ0) is 20.6. The van der Waals surface area contributed by atoms with Crippen molar-refractivity contribution in [2.24, 2.45) is 5.73 Å². The highest BCUT2D eigenvalue weighted by molar-refractivity contribution is 5.93. The molecule has 0 aromatic heterocycles. The molecule has 1 atom stereocenters. The number of carboxylic acid groups (broad SMARTS) is 1. The normalized spacial score (nSPS) is 12.0. The first kappa shape index (κ1) is 21.7. The second-order valence-electron chi connectivity index (χ2n) is 5.35. The van der Waals surface area contributed by atoms with Gasteiger partial charge in [-0.05, 0) is 24.6 Å². The number of halogens is 3. The lowest BCUT2D eigenvalue weighted by atomic mass is 10.1. The number of carbonyl (C=O) groups excluding carboxylic acids is 3. The average molecular weight is 390 g/mol. The Kier molecular flexibility index (Phi) is 7.57. The predicted octanol–water partition coefficient (Wildman–Crippen LogP) is 0.662. The van der Waals surface area contributed by atoms with Gasteiger partial charge in [0.05, 0.1) is 12.1 Å². The fourth-order valence-electron chi connectivity index (χ4n) is 1.90. The Morgan fingerprint density at radius 3 is 2.41 bits per heavy atom. The van der Waals surface area contributed by atoms with Crippen molar-refractivity contribution < 1.29 is 37.5 Å². The number of rotatable bonds is 8. The Balaban J connectivity index is 2.52. The molecular formula is C15H17F3N4O5. The summed E-state index contributed by atoms with van der Waals surface area (Å²) in [5.74, 6) is -3.00. The van der Waals surface area contributed by atoms with Crippen LogP contribution in [0.1, 0.15) is 18.4 Å². The Morgan fingerprint density at radius 2 is 1.85 bits per heavy atom. The Hall–Kier alpha value is -3.31. The van der Waals surface area contributed by atoms with Gasteiger partial charge in [-0.3, -0.25) is 9.59 Å². The summed E-state index contributed by atoms with van der Waals surface area (Å²) in [5, 5.41) is 15.2. The first-order chi connectivity index (χ1) is 12.5. The van der Waals surface area contributed by atoms with E-state index in [1.807, 2.05) is 0 Å². The first-order valence-corrected chi connectivity index (χ1v) is 7.51. The quantitative estimate of drug-likeness (QED) is 0.442. The number of hydrogen-bond donors (Lipinski definition) is 5. The SMILES string of the molecule is NC(=O)CC[C@H](NC(=O)CNC(=O)Nc1cccc(C(F)(F)F)c1)C(=O)O. The molecular weight excluding hydrogens is 373 g/mol. The third-order valence-corrected chi connectivity index (χ3v) is 3.17. The van der Waals surface area contributed by atoms with Gasteiger partial charge < -0.3 is 26.8 Å². The van der Waals surface area contributed by atoms with Gasteiger partial charge in [0.15, 0.2) is 0 Å². The van der Waals surface area contributed by atoms with Crippen LogP contribution in [0.3, 0.4) is 0 Å². The van der Waals surface area contributed by atoms with E-state index in [1.54, 1.807) is 0 Å². The van der Waals surface area contributed by atoms with E-state index >= 15 is 0 Å².